The van der Waals surface area contributed by atoms with E-state index in [9.17, 15) is 19.2 Å². The molecule has 0 bridgehead atoms. The third kappa shape index (κ3) is 6.28. The summed E-state index contributed by atoms with van der Waals surface area (Å²) in [5, 5.41) is 15.7. The predicted octanol–water partition coefficient (Wildman–Crippen LogP) is -0.181. The fourth-order valence-corrected chi connectivity index (χ4v) is 0.385. The smallest absolute Gasteiger partial charge is 0.449 e. The summed E-state index contributed by atoms with van der Waals surface area (Å²) in [6.45, 7) is 0. The highest BCUT2D eigenvalue weighted by Crippen LogP contribution is 1.91. The summed E-state index contributed by atoms with van der Waals surface area (Å²) in [6, 6.07) is 0. The van der Waals surface area contributed by atoms with E-state index in [2.05, 4.69) is 9.47 Å². The van der Waals surface area contributed by atoms with Gasteiger partial charge >= 0.3 is 24.2 Å². The van der Waals surface area contributed by atoms with Crippen LogP contribution in [0, 0.1) is 0 Å². The van der Waals surface area contributed by atoms with E-state index in [4.69, 9.17) is 10.2 Å². The van der Waals surface area contributed by atoms with E-state index in [0.29, 0.717) is 0 Å². The topological polar surface area (TPSA) is 127 Å². The summed E-state index contributed by atoms with van der Waals surface area (Å²) in [7, 11) is 0. The van der Waals surface area contributed by atoms with Crippen LogP contribution in [0.15, 0.2) is 0 Å². The number of hydrogen-bond acceptors (Lipinski definition) is 6. The van der Waals surface area contributed by atoms with E-state index in [1.54, 1.807) is 0 Å². The lowest BCUT2D eigenvalue weighted by molar-refractivity contribution is -0.148. The normalized spacial score (nSPS) is 8.62. The van der Waals surface area contributed by atoms with Gasteiger partial charge in [-0.2, -0.15) is 0 Å². The monoisotopic (exact) mass is 192 g/mol. The summed E-state index contributed by atoms with van der Waals surface area (Å²) < 4.78 is 6.97. The fraction of sp³-hybridized carbons (Fsp3) is 0.200. The lowest BCUT2D eigenvalue weighted by atomic mass is 10.4. The molecular weight excluding hydrogens is 188 g/mol. The lowest BCUT2D eigenvalue weighted by Crippen LogP contribution is -2.18. The molecule has 0 spiro atoms. The largest absolute Gasteiger partial charge is 0.513 e. The molecule has 72 valence electrons. The average molecular weight is 192 g/mol. The van der Waals surface area contributed by atoms with Gasteiger partial charge in [0.15, 0.2) is 0 Å². The molecule has 8 nitrogen and oxygen atoms in total. The average Bonchev–Trinajstić information content (AvgIpc) is 1.80. The van der Waals surface area contributed by atoms with Crippen molar-refractivity contribution >= 4 is 24.2 Å². The number of carbonyl (C=O) groups is 4. The Morgan fingerprint density at radius 3 is 1.38 bits per heavy atom. The maximum absolute atomic E-state index is 10.3. The molecular formula is C5H4O8. The molecule has 0 aromatic carbocycles. The zero-order valence-corrected chi connectivity index (χ0v) is 6.05. The van der Waals surface area contributed by atoms with Crippen LogP contribution < -0.4 is 0 Å². The molecule has 0 amide bonds. The number of carbonyl (C=O) groups excluding carboxylic acids is 2. The number of ether oxygens (including phenoxy) is 2. The number of esters is 2. The second kappa shape index (κ2) is 4.70. The van der Waals surface area contributed by atoms with Crippen LogP contribution in [-0.2, 0) is 19.1 Å². The van der Waals surface area contributed by atoms with Crippen molar-refractivity contribution in [3.8, 4) is 0 Å². The van der Waals surface area contributed by atoms with Gasteiger partial charge in [0, 0.05) is 0 Å². The van der Waals surface area contributed by atoms with Crippen LogP contribution in [0.2, 0.25) is 0 Å². The third-order valence-corrected chi connectivity index (χ3v) is 0.691. The number of hydrogen-bond donors (Lipinski definition) is 2. The first-order valence-electron chi connectivity index (χ1n) is 2.79. The van der Waals surface area contributed by atoms with Gasteiger partial charge in [0.1, 0.15) is 6.42 Å². The van der Waals surface area contributed by atoms with Gasteiger partial charge in [0.25, 0.3) is 0 Å². The molecule has 8 heteroatoms. The van der Waals surface area contributed by atoms with Crippen molar-refractivity contribution in [2.24, 2.45) is 0 Å². The van der Waals surface area contributed by atoms with Crippen molar-refractivity contribution in [3.63, 3.8) is 0 Å². The van der Waals surface area contributed by atoms with E-state index >= 15 is 0 Å². The predicted molar refractivity (Wildman–Crippen MR) is 32.9 cm³/mol. The molecule has 0 fully saturated rings. The van der Waals surface area contributed by atoms with Gasteiger partial charge in [-0.1, -0.05) is 0 Å². The molecule has 0 radical (unpaired) electrons. The second-order valence-electron chi connectivity index (χ2n) is 1.66. The van der Waals surface area contributed by atoms with E-state index in [-0.39, 0.29) is 0 Å². The Morgan fingerprint density at radius 2 is 1.15 bits per heavy atom. The summed E-state index contributed by atoms with van der Waals surface area (Å²) in [6.07, 6.45) is -4.83. The Labute approximate surface area is 70.7 Å². The summed E-state index contributed by atoms with van der Waals surface area (Å²) in [5.74, 6) is -2.81. The highest BCUT2D eigenvalue weighted by Gasteiger charge is 2.17. The molecule has 0 saturated heterocycles. The van der Waals surface area contributed by atoms with Gasteiger partial charge in [0.05, 0.1) is 0 Å². The summed E-state index contributed by atoms with van der Waals surface area (Å²) >= 11 is 0. The molecule has 0 saturated carbocycles. The van der Waals surface area contributed by atoms with Gasteiger partial charge < -0.3 is 19.7 Å². The fourth-order valence-electron chi connectivity index (χ4n) is 0.385. The van der Waals surface area contributed by atoms with Crippen molar-refractivity contribution in [2.45, 2.75) is 6.42 Å². The lowest BCUT2D eigenvalue weighted by Gasteiger charge is -1.96. The van der Waals surface area contributed by atoms with Gasteiger partial charge in [-0.05, 0) is 0 Å². The van der Waals surface area contributed by atoms with Crippen LogP contribution in [0.5, 0.6) is 0 Å². The molecule has 0 aromatic heterocycles. The standard InChI is InChI=1S/C5H4O8/c6-2(12-4(8)9)1-3(7)13-5(10)11/h1H2,(H,8,9)(H,10,11). The van der Waals surface area contributed by atoms with Crippen LogP contribution in [0.1, 0.15) is 6.42 Å². The molecule has 0 aliphatic heterocycles. The van der Waals surface area contributed by atoms with Gasteiger partial charge in [-0.25, -0.2) is 9.59 Å². The van der Waals surface area contributed by atoms with Gasteiger partial charge in [0.2, 0.25) is 0 Å². The zero-order chi connectivity index (χ0) is 10.4. The van der Waals surface area contributed by atoms with Crippen LogP contribution >= 0.6 is 0 Å². The molecule has 13 heavy (non-hydrogen) atoms. The minimum Gasteiger partial charge on any atom is -0.449 e. The maximum atomic E-state index is 10.3. The van der Waals surface area contributed by atoms with E-state index in [1.807, 2.05) is 0 Å². The van der Waals surface area contributed by atoms with Crippen molar-refractivity contribution in [3.05, 3.63) is 0 Å². The minimum atomic E-state index is -1.88. The van der Waals surface area contributed by atoms with Gasteiger partial charge in [-0.15, -0.1) is 0 Å². The van der Waals surface area contributed by atoms with Crippen LogP contribution in [0.3, 0.4) is 0 Å². The third-order valence-electron chi connectivity index (χ3n) is 0.691. The van der Waals surface area contributed by atoms with Crippen LogP contribution in [0.4, 0.5) is 9.59 Å². The highest BCUT2D eigenvalue weighted by molar-refractivity contribution is 5.97. The Hall–Kier alpha value is -2.12. The Morgan fingerprint density at radius 1 is 0.846 bits per heavy atom. The van der Waals surface area contributed by atoms with E-state index in [0.717, 1.165) is 0 Å². The molecule has 0 heterocycles. The van der Waals surface area contributed by atoms with Gasteiger partial charge in [-0.3, -0.25) is 9.59 Å². The van der Waals surface area contributed by atoms with E-state index in [1.165, 1.54) is 0 Å². The second-order valence-corrected chi connectivity index (χ2v) is 1.66. The van der Waals surface area contributed by atoms with Crippen molar-refractivity contribution in [1.29, 1.82) is 0 Å². The highest BCUT2D eigenvalue weighted by atomic mass is 16.7. The van der Waals surface area contributed by atoms with E-state index < -0.39 is 30.7 Å². The van der Waals surface area contributed by atoms with Crippen LogP contribution in [-0.4, -0.2) is 34.5 Å². The quantitative estimate of drug-likeness (QED) is 0.455. The Kier molecular flexibility index (Phi) is 3.93. The molecule has 0 aliphatic rings. The van der Waals surface area contributed by atoms with Crippen LogP contribution in [0.25, 0.3) is 0 Å². The first-order valence-corrected chi connectivity index (χ1v) is 2.79. The Bertz CT molecular complexity index is 227. The first kappa shape index (κ1) is 10.9. The first-order chi connectivity index (χ1) is 5.91. The Balaban J connectivity index is 3.85. The maximum Gasteiger partial charge on any atom is 0.513 e. The minimum absolute atomic E-state index is 1.07. The van der Waals surface area contributed by atoms with Crippen molar-refractivity contribution in [2.75, 3.05) is 0 Å². The number of carboxylic acid groups (broad SMARTS) is 2. The molecule has 0 aromatic rings. The molecule has 0 aliphatic carbocycles. The molecule has 0 atom stereocenters. The molecule has 0 unspecified atom stereocenters. The molecule has 0 rings (SSSR count). The summed E-state index contributed by atoms with van der Waals surface area (Å²) in [5.41, 5.74) is 0. The number of rotatable bonds is 2. The molecule has 2 N–H and O–H groups in total. The SMILES string of the molecule is O=C(O)OC(=O)CC(=O)OC(=O)O. The van der Waals surface area contributed by atoms with Crippen molar-refractivity contribution in [1.82, 2.24) is 0 Å². The summed E-state index contributed by atoms with van der Waals surface area (Å²) in [4.78, 5) is 40.1. The zero-order valence-electron chi connectivity index (χ0n) is 6.05. The van der Waals surface area contributed by atoms with Crippen molar-refractivity contribution < 1.29 is 38.9 Å².